The summed E-state index contributed by atoms with van der Waals surface area (Å²) in [6, 6.07) is 11.8. The number of piperazine rings is 1. The first-order chi connectivity index (χ1) is 16.6. The van der Waals surface area contributed by atoms with Crippen molar-refractivity contribution in [3.8, 4) is 11.5 Å². The van der Waals surface area contributed by atoms with Crippen LogP contribution in [0.1, 0.15) is 39.6 Å². The van der Waals surface area contributed by atoms with E-state index in [0.29, 0.717) is 35.9 Å². The maximum absolute atomic E-state index is 13.1. The van der Waals surface area contributed by atoms with Crippen LogP contribution in [-0.4, -0.2) is 61.1 Å². The Morgan fingerprint density at radius 1 is 0.912 bits per heavy atom. The van der Waals surface area contributed by atoms with Crippen molar-refractivity contribution in [3.63, 3.8) is 0 Å². The lowest BCUT2D eigenvalue weighted by molar-refractivity contribution is 0.0962. The number of aromatic nitrogens is 3. The molecule has 3 aromatic rings. The zero-order valence-electron chi connectivity index (χ0n) is 19.8. The van der Waals surface area contributed by atoms with Crippen molar-refractivity contribution in [1.29, 1.82) is 0 Å². The van der Waals surface area contributed by atoms with Crippen molar-refractivity contribution in [3.05, 3.63) is 65.1 Å². The molecule has 5 rings (SSSR count). The number of carbonyl (C=O) groups excluding carboxylic acids is 1. The van der Waals surface area contributed by atoms with Gasteiger partial charge in [-0.3, -0.25) is 4.79 Å². The van der Waals surface area contributed by atoms with Gasteiger partial charge in [0.25, 0.3) is 0 Å². The maximum atomic E-state index is 13.1. The minimum absolute atomic E-state index is 0.0444. The molecule has 3 heterocycles. The normalized spacial score (nSPS) is 18.0. The van der Waals surface area contributed by atoms with Gasteiger partial charge in [0.1, 0.15) is 5.82 Å². The second-order valence-electron chi connectivity index (χ2n) is 8.74. The van der Waals surface area contributed by atoms with Gasteiger partial charge in [0.2, 0.25) is 5.95 Å². The van der Waals surface area contributed by atoms with E-state index < -0.39 is 0 Å². The molecule has 0 amide bonds. The topological polar surface area (TPSA) is 80.7 Å². The Labute approximate surface area is 199 Å². The van der Waals surface area contributed by atoms with Gasteiger partial charge < -0.3 is 19.3 Å². The first-order valence-corrected chi connectivity index (χ1v) is 11.6. The number of ketones is 1. The maximum Gasteiger partial charge on any atom is 0.225 e. The van der Waals surface area contributed by atoms with Crippen LogP contribution in [0, 0.1) is 6.92 Å². The van der Waals surface area contributed by atoms with Crippen LogP contribution in [-0.2, 0) is 6.42 Å². The minimum Gasteiger partial charge on any atom is -0.493 e. The monoisotopic (exact) mass is 459 g/mol. The molecule has 0 radical (unpaired) electrons. The summed E-state index contributed by atoms with van der Waals surface area (Å²) >= 11 is 0. The van der Waals surface area contributed by atoms with E-state index in [2.05, 4.69) is 14.8 Å². The summed E-state index contributed by atoms with van der Waals surface area (Å²) in [6.07, 6.45) is 2.96. The van der Waals surface area contributed by atoms with Gasteiger partial charge in [0.05, 0.1) is 31.2 Å². The molecule has 0 unspecified atom stereocenters. The zero-order valence-corrected chi connectivity index (χ0v) is 19.8. The predicted molar refractivity (Wildman–Crippen MR) is 130 cm³/mol. The second-order valence-corrected chi connectivity index (χ2v) is 8.74. The lowest BCUT2D eigenvalue weighted by Crippen LogP contribution is -2.47. The Kier molecular flexibility index (Phi) is 6.04. The van der Waals surface area contributed by atoms with Gasteiger partial charge in [-0.05, 0) is 49.1 Å². The lowest BCUT2D eigenvalue weighted by atomic mass is 9.81. The quantitative estimate of drug-likeness (QED) is 0.574. The zero-order chi connectivity index (χ0) is 23.7. The molecule has 0 spiro atoms. The van der Waals surface area contributed by atoms with E-state index in [9.17, 15) is 4.79 Å². The number of pyridine rings is 1. The number of hydrogen-bond acceptors (Lipinski definition) is 8. The predicted octanol–water partition coefficient (Wildman–Crippen LogP) is 3.44. The molecule has 1 atom stereocenters. The van der Waals surface area contributed by atoms with Gasteiger partial charge in [0, 0.05) is 38.8 Å². The molecule has 2 aliphatic rings. The van der Waals surface area contributed by atoms with Crippen molar-refractivity contribution in [2.45, 2.75) is 25.7 Å². The average molecular weight is 460 g/mol. The number of hydrogen-bond donors (Lipinski definition) is 0. The minimum atomic E-state index is 0.0444. The molecule has 0 N–H and O–H groups in total. The molecule has 8 heteroatoms. The Morgan fingerprint density at radius 3 is 2.38 bits per heavy atom. The number of Topliss-reactive ketones (excluding diaryl/α,β-unsaturated/α-hetero) is 1. The third-order valence-electron chi connectivity index (χ3n) is 6.72. The SMILES string of the molecule is COc1ccc([C@H]2CC(=O)c3c(C)nc(N4CCN(c5ccccn5)CC4)nc3C2)cc1OC. The molecule has 0 saturated carbocycles. The highest BCUT2D eigenvalue weighted by atomic mass is 16.5. The first kappa shape index (κ1) is 22.1. The van der Waals surface area contributed by atoms with Crippen LogP contribution in [0.3, 0.4) is 0 Å². The summed E-state index contributed by atoms with van der Waals surface area (Å²) in [5.74, 6) is 3.20. The van der Waals surface area contributed by atoms with Crippen LogP contribution >= 0.6 is 0 Å². The van der Waals surface area contributed by atoms with Gasteiger partial charge in [-0.15, -0.1) is 0 Å². The molecule has 1 aromatic carbocycles. The summed E-state index contributed by atoms with van der Waals surface area (Å²) in [6.45, 7) is 5.24. The third-order valence-corrected chi connectivity index (χ3v) is 6.72. The fraction of sp³-hybridized carbons (Fsp3) is 0.385. The standard InChI is InChI=1S/C26H29N5O3/c1-17-25-20(14-19(15-21(25)32)18-7-8-22(33-2)23(16-18)34-3)29-26(28-17)31-12-10-30(11-13-31)24-6-4-5-9-27-24/h4-9,16,19H,10-15H2,1-3H3/t19-/m1/s1. The average Bonchev–Trinajstić information content (AvgIpc) is 2.88. The molecule has 1 aliphatic carbocycles. The van der Waals surface area contributed by atoms with Crippen LogP contribution < -0.4 is 19.3 Å². The fourth-order valence-corrected chi connectivity index (χ4v) is 4.92. The highest BCUT2D eigenvalue weighted by molar-refractivity contribution is 5.99. The van der Waals surface area contributed by atoms with Gasteiger partial charge >= 0.3 is 0 Å². The number of fused-ring (bicyclic) bond motifs is 1. The van der Waals surface area contributed by atoms with Crippen molar-refractivity contribution in [2.24, 2.45) is 0 Å². The summed E-state index contributed by atoms with van der Waals surface area (Å²) in [5, 5.41) is 0. The molecule has 34 heavy (non-hydrogen) atoms. The van der Waals surface area contributed by atoms with Crippen LogP contribution in [0.2, 0.25) is 0 Å². The Hall–Kier alpha value is -3.68. The first-order valence-electron chi connectivity index (χ1n) is 11.6. The number of nitrogens with zero attached hydrogens (tertiary/aromatic N) is 5. The van der Waals surface area contributed by atoms with Crippen molar-refractivity contribution < 1.29 is 14.3 Å². The molecule has 176 valence electrons. The largest absolute Gasteiger partial charge is 0.493 e. The van der Waals surface area contributed by atoms with E-state index in [4.69, 9.17) is 19.4 Å². The Morgan fingerprint density at radius 2 is 1.68 bits per heavy atom. The summed E-state index contributed by atoms with van der Waals surface area (Å²) in [7, 11) is 3.24. The number of anilines is 2. The van der Waals surface area contributed by atoms with E-state index in [1.54, 1.807) is 14.2 Å². The molecule has 8 nitrogen and oxygen atoms in total. The smallest absolute Gasteiger partial charge is 0.225 e. The van der Waals surface area contributed by atoms with E-state index in [0.717, 1.165) is 48.9 Å². The van der Waals surface area contributed by atoms with E-state index in [-0.39, 0.29) is 11.7 Å². The van der Waals surface area contributed by atoms with Gasteiger partial charge in [-0.1, -0.05) is 12.1 Å². The van der Waals surface area contributed by atoms with E-state index in [1.807, 2.05) is 49.5 Å². The molecule has 0 bridgehead atoms. The van der Waals surface area contributed by atoms with Crippen LogP contribution in [0.15, 0.2) is 42.6 Å². The Balaban J connectivity index is 1.37. The van der Waals surface area contributed by atoms with Crippen molar-refractivity contribution in [2.75, 3.05) is 50.2 Å². The summed E-state index contributed by atoms with van der Waals surface area (Å²) < 4.78 is 10.8. The molecule has 1 fully saturated rings. The molecular weight excluding hydrogens is 430 g/mol. The molecule has 1 saturated heterocycles. The Bertz CT molecular complexity index is 1190. The lowest BCUT2D eigenvalue weighted by Gasteiger charge is -2.36. The number of ether oxygens (including phenoxy) is 2. The molecule has 1 aliphatic heterocycles. The third kappa shape index (κ3) is 4.16. The summed E-state index contributed by atoms with van der Waals surface area (Å²) in [5.41, 5.74) is 3.35. The van der Waals surface area contributed by atoms with Crippen LogP contribution in [0.5, 0.6) is 11.5 Å². The second kappa shape index (κ2) is 9.29. The number of methoxy groups -OCH3 is 2. The van der Waals surface area contributed by atoms with E-state index in [1.165, 1.54) is 0 Å². The number of aryl methyl sites for hydroxylation is 1. The number of carbonyl (C=O) groups is 1. The molecule has 2 aromatic heterocycles. The highest BCUT2D eigenvalue weighted by Gasteiger charge is 2.31. The van der Waals surface area contributed by atoms with Crippen LogP contribution in [0.25, 0.3) is 0 Å². The van der Waals surface area contributed by atoms with Crippen LogP contribution in [0.4, 0.5) is 11.8 Å². The summed E-state index contributed by atoms with van der Waals surface area (Å²) in [4.78, 5) is 31.7. The number of rotatable bonds is 5. The van der Waals surface area contributed by atoms with Crippen molar-refractivity contribution >= 4 is 17.5 Å². The van der Waals surface area contributed by atoms with Gasteiger partial charge in [-0.25, -0.2) is 15.0 Å². The highest BCUT2D eigenvalue weighted by Crippen LogP contribution is 2.37. The molecular formula is C26H29N5O3. The van der Waals surface area contributed by atoms with E-state index >= 15 is 0 Å². The fourth-order valence-electron chi connectivity index (χ4n) is 4.92. The van der Waals surface area contributed by atoms with Gasteiger partial charge in [0.15, 0.2) is 17.3 Å². The number of benzene rings is 1. The van der Waals surface area contributed by atoms with Crippen molar-refractivity contribution in [1.82, 2.24) is 15.0 Å². The van der Waals surface area contributed by atoms with Gasteiger partial charge in [-0.2, -0.15) is 0 Å².